The molecule has 1 heterocycles. The predicted molar refractivity (Wildman–Crippen MR) is 80.9 cm³/mol. The van der Waals surface area contributed by atoms with Gasteiger partial charge in [0.25, 0.3) is 5.91 Å². The second-order valence-electron chi connectivity index (χ2n) is 4.18. The second kappa shape index (κ2) is 7.31. The van der Waals surface area contributed by atoms with Crippen LogP contribution in [-0.2, 0) is 0 Å². The minimum atomic E-state index is -0.103. The third-order valence-electron chi connectivity index (χ3n) is 2.85. The maximum atomic E-state index is 12.3. The number of aromatic nitrogens is 2. The minimum Gasteiger partial charge on any atom is -0.336 e. The Balaban J connectivity index is 2.17. The van der Waals surface area contributed by atoms with Crippen molar-refractivity contribution >= 4 is 29.1 Å². The van der Waals surface area contributed by atoms with Crippen LogP contribution in [0.2, 0.25) is 0 Å². The molecule has 0 aliphatic carbocycles. The standard InChI is InChI=1S/C14H15Cl2N3O/c15-6-8-18(9-7-16)14(20)12-10-17-19(11-12)13-4-2-1-3-5-13/h1-5,10-11H,6-9H2. The lowest BCUT2D eigenvalue weighted by Crippen LogP contribution is -2.34. The first-order valence-electron chi connectivity index (χ1n) is 6.27. The van der Waals surface area contributed by atoms with E-state index >= 15 is 0 Å². The summed E-state index contributed by atoms with van der Waals surface area (Å²) in [4.78, 5) is 14.0. The molecule has 0 bridgehead atoms. The Morgan fingerprint density at radius 1 is 1.15 bits per heavy atom. The summed E-state index contributed by atoms with van der Waals surface area (Å²) in [5.41, 5.74) is 1.44. The van der Waals surface area contributed by atoms with Gasteiger partial charge in [0.05, 0.1) is 17.4 Å². The van der Waals surface area contributed by atoms with E-state index in [9.17, 15) is 4.79 Å². The van der Waals surface area contributed by atoms with E-state index in [1.165, 1.54) is 0 Å². The molecule has 0 spiro atoms. The molecule has 0 unspecified atom stereocenters. The van der Waals surface area contributed by atoms with Crippen LogP contribution in [0.4, 0.5) is 0 Å². The average Bonchev–Trinajstić information content (AvgIpc) is 2.97. The summed E-state index contributed by atoms with van der Waals surface area (Å²) in [7, 11) is 0. The molecule has 0 fully saturated rings. The second-order valence-corrected chi connectivity index (χ2v) is 4.94. The number of hydrogen-bond donors (Lipinski definition) is 0. The van der Waals surface area contributed by atoms with Gasteiger partial charge in [-0.25, -0.2) is 4.68 Å². The van der Waals surface area contributed by atoms with E-state index in [0.29, 0.717) is 30.4 Å². The quantitative estimate of drug-likeness (QED) is 0.769. The molecular weight excluding hydrogens is 297 g/mol. The molecule has 4 nitrogen and oxygen atoms in total. The summed E-state index contributed by atoms with van der Waals surface area (Å²) in [6.45, 7) is 0.952. The van der Waals surface area contributed by atoms with Crippen molar-refractivity contribution in [3.05, 3.63) is 48.3 Å². The van der Waals surface area contributed by atoms with Crippen LogP contribution in [0.15, 0.2) is 42.7 Å². The zero-order valence-electron chi connectivity index (χ0n) is 10.9. The fourth-order valence-electron chi connectivity index (χ4n) is 1.86. The molecule has 1 amide bonds. The van der Waals surface area contributed by atoms with E-state index in [4.69, 9.17) is 23.2 Å². The largest absolute Gasteiger partial charge is 0.336 e. The summed E-state index contributed by atoms with van der Waals surface area (Å²) in [5, 5.41) is 4.21. The number of benzene rings is 1. The third kappa shape index (κ3) is 3.52. The number of amides is 1. The van der Waals surface area contributed by atoms with Gasteiger partial charge >= 0.3 is 0 Å². The van der Waals surface area contributed by atoms with E-state index in [-0.39, 0.29) is 5.91 Å². The number of alkyl halides is 2. The number of para-hydroxylation sites is 1. The highest BCUT2D eigenvalue weighted by atomic mass is 35.5. The molecule has 0 N–H and O–H groups in total. The Hall–Kier alpha value is -1.52. The van der Waals surface area contributed by atoms with Gasteiger partial charge in [-0.3, -0.25) is 4.79 Å². The van der Waals surface area contributed by atoms with Crippen molar-refractivity contribution in [2.45, 2.75) is 0 Å². The van der Waals surface area contributed by atoms with Gasteiger partial charge in [-0.15, -0.1) is 23.2 Å². The number of rotatable bonds is 6. The molecule has 0 saturated heterocycles. The fraction of sp³-hybridized carbons (Fsp3) is 0.286. The van der Waals surface area contributed by atoms with Gasteiger partial charge in [0.2, 0.25) is 0 Å². The predicted octanol–water partition coefficient (Wildman–Crippen LogP) is 2.79. The van der Waals surface area contributed by atoms with E-state index in [1.54, 1.807) is 22.0 Å². The van der Waals surface area contributed by atoms with Crippen molar-refractivity contribution in [3.8, 4) is 5.69 Å². The van der Waals surface area contributed by atoms with Crippen LogP contribution in [0.1, 0.15) is 10.4 Å². The fourth-order valence-corrected chi connectivity index (χ4v) is 2.26. The number of carbonyl (C=O) groups excluding carboxylic acids is 1. The lowest BCUT2D eigenvalue weighted by atomic mass is 10.3. The SMILES string of the molecule is O=C(c1cnn(-c2ccccc2)c1)N(CCCl)CCCl. The summed E-state index contributed by atoms with van der Waals surface area (Å²) in [6, 6.07) is 9.63. The van der Waals surface area contributed by atoms with Crippen LogP contribution in [0.25, 0.3) is 5.69 Å². The van der Waals surface area contributed by atoms with Gasteiger partial charge in [0.1, 0.15) is 0 Å². The van der Waals surface area contributed by atoms with Gasteiger partial charge in [0.15, 0.2) is 0 Å². The molecule has 0 radical (unpaired) electrons. The lowest BCUT2D eigenvalue weighted by molar-refractivity contribution is 0.0775. The van der Waals surface area contributed by atoms with Crippen LogP contribution in [0.3, 0.4) is 0 Å². The van der Waals surface area contributed by atoms with Gasteiger partial charge in [0, 0.05) is 31.0 Å². The Kier molecular flexibility index (Phi) is 5.44. The molecule has 20 heavy (non-hydrogen) atoms. The first kappa shape index (κ1) is 14.9. The smallest absolute Gasteiger partial charge is 0.257 e. The molecule has 2 rings (SSSR count). The molecular formula is C14H15Cl2N3O. The zero-order valence-corrected chi connectivity index (χ0v) is 12.4. The summed E-state index contributed by atoms with van der Waals surface area (Å²) in [5.74, 6) is 0.665. The van der Waals surface area contributed by atoms with Crippen molar-refractivity contribution in [3.63, 3.8) is 0 Å². The van der Waals surface area contributed by atoms with Crippen molar-refractivity contribution < 1.29 is 4.79 Å². The van der Waals surface area contributed by atoms with Crippen LogP contribution >= 0.6 is 23.2 Å². The van der Waals surface area contributed by atoms with Crippen LogP contribution in [0.5, 0.6) is 0 Å². The Bertz CT molecular complexity index is 551. The van der Waals surface area contributed by atoms with Crippen molar-refractivity contribution in [2.75, 3.05) is 24.8 Å². The zero-order chi connectivity index (χ0) is 14.4. The highest BCUT2D eigenvalue weighted by molar-refractivity contribution is 6.18. The number of hydrogen-bond acceptors (Lipinski definition) is 2. The maximum absolute atomic E-state index is 12.3. The van der Waals surface area contributed by atoms with Gasteiger partial charge in [-0.1, -0.05) is 18.2 Å². The number of nitrogens with zero attached hydrogens (tertiary/aromatic N) is 3. The minimum absolute atomic E-state index is 0.103. The topological polar surface area (TPSA) is 38.1 Å². The summed E-state index contributed by atoms with van der Waals surface area (Å²) < 4.78 is 1.67. The average molecular weight is 312 g/mol. The molecule has 2 aromatic rings. The van der Waals surface area contributed by atoms with Crippen molar-refractivity contribution in [2.24, 2.45) is 0 Å². The molecule has 0 atom stereocenters. The molecule has 1 aromatic heterocycles. The van der Waals surface area contributed by atoms with Crippen LogP contribution in [-0.4, -0.2) is 45.4 Å². The van der Waals surface area contributed by atoms with Crippen LogP contribution < -0.4 is 0 Å². The van der Waals surface area contributed by atoms with E-state index < -0.39 is 0 Å². The first-order valence-corrected chi connectivity index (χ1v) is 7.34. The summed E-state index contributed by atoms with van der Waals surface area (Å²) >= 11 is 11.4. The van der Waals surface area contributed by atoms with E-state index in [2.05, 4.69) is 5.10 Å². The Morgan fingerprint density at radius 2 is 1.80 bits per heavy atom. The van der Waals surface area contributed by atoms with E-state index in [0.717, 1.165) is 5.69 Å². The van der Waals surface area contributed by atoms with Gasteiger partial charge < -0.3 is 4.90 Å². The van der Waals surface area contributed by atoms with E-state index in [1.807, 2.05) is 30.3 Å². The Morgan fingerprint density at radius 3 is 2.40 bits per heavy atom. The molecule has 0 saturated carbocycles. The highest BCUT2D eigenvalue weighted by Crippen LogP contribution is 2.10. The monoisotopic (exact) mass is 311 g/mol. The maximum Gasteiger partial charge on any atom is 0.257 e. The number of carbonyl (C=O) groups is 1. The molecule has 6 heteroatoms. The molecule has 106 valence electrons. The normalized spacial score (nSPS) is 10.5. The van der Waals surface area contributed by atoms with Crippen LogP contribution in [0, 0.1) is 0 Å². The summed E-state index contributed by atoms with van der Waals surface area (Å²) in [6.07, 6.45) is 3.28. The van der Waals surface area contributed by atoms with Crippen molar-refractivity contribution in [1.29, 1.82) is 0 Å². The molecule has 0 aliphatic rings. The first-order chi connectivity index (χ1) is 9.76. The van der Waals surface area contributed by atoms with Gasteiger partial charge in [-0.2, -0.15) is 5.10 Å². The molecule has 0 aliphatic heterocycles. The highest BCUT2D eigenvalue weighted by Gasteiger charge is 2.16. The number of halogens is 2. The Labute approximate surface area is 127 Å². The molecule has 1 aromatic carbocycles. The van der Waals surface area contributed by atoms with Crippen molar-refractivity contribution in [1.82, 2.24) is 14.7 Å². The third-order valence-corrected chi connectivity index (χ3v) is 3.18. The van der Waals surface area contributed by atoms with Gasteiger partial charge in [-0.05, 0) is 12.1 Å². The lowest BCUT2D eigenvalue weighted by Gasteiger charge is -2.19.